The Hall–Kier alpha value is -3.75. The van der Waals surface area contributed by atoms with E-state index in [1.165, 1.54) is 18.2 Å². The predicted molar refractivity (Wildman–Crippen MR) is 134 cm³/mol. The number of rotatable bonds is 7. The molecule has 4 aromatic rings. The maximum absolute atomic E-state index is 12.9. The molecule has 0 unspecified atom stereocenters. The van der Waals surface area contributed by atoms with Crippen LogP contribution in [-0.4, -0.2) is 20.4 Å². The van der Waals surface area contributed by atoms with Crippen molar-refractivity contribution < 1.29 is 22.4 Å². The summed E-state index contributed by atoms with van der Waals surface area (Å²) in [6.07, 6.45) is 0.184. The molecule has 1 aromatic heterocycles. The summed E-state index contributed by atoms with van der Waals surface area (Å²) in [6.45, 7) is 5.22. The monoisotopic (exact) mass is 491 g/mol. The Kier molecular flexibility index (Phi) is 6.86. The lowest BCUT2D eigenvalue weighted by Gasteiger charge is -2.17. The van der Waals surface area contributed by atoms with Gasteiger partial charge in [0.2, 0.25) is 10.0 Å². The maximum Gasteiger partial charge on any atom is 0.336 e. The zero-order valence-corrected chi connectivity index (χ0v) is 20.4. The van der Waals surface area contributed by atoms with Crippen molar-refractivity contribution in [2.24, 2.45) is 0 Å². The molecular formula is C27H25NO6S. The molecule has 7 nitrogen and oxygen atoms in total. The molecule has 0 saturated carbocycles. The van der Waals surface area contributed by atoms with E-state index in [1.54, 1.807) is 38.1 Å². The molecule has 35 heavy (non-hydrogen) atoms. The lowest BCUT2D eigenvalue weighted by molar-refractivity contribution is -0.136. The number of fused-ring (bicyclic) bond motifs is 1. The second-order valence-corrected chi connectivity index (χ2v) is 9.94. The molecule has 0 amide bonds. The Morgan fingerprint density at radius 3 is 2.34 bits per heavy atom. The Labute approximate surface area is 203 Å². The molecule has 0 aliphatic carbocycles. The highest BCUT2D eigenvalue weighted by Crippen LogP contribution is 2.33. The molecule has 0 fully saturated rings. The summed E-state index contributed by atoms with van der Waals surface area (Å²) in [5, 5.41) is 0.695. The number of ether oxygens (including phenoxy) is 1. The Bertz CT molecular complexity index is 1540. The van der Waals surface area contributed by atoms with Gasteiger partial charge in [-0.2, -0.15) is 4.72 Å². The van der Waals surface area contributed by atoms with E-state index in [-0.39, 0.29) is 17.1 Å². The third kappa shape index (κ3) is 5.18. The summed E-state index contributed by atoms with van der Waals surface area (Å²) in [7, 11) is -3.92. The van der Waals surface area contributed by atoms with Crippen LogP contribution in [0.2, 0.25) is 0 Å². The van der Waals surface area contributed by atoms with E-state index < -0.39 is 27.7 Å². The smallest absolute Gasteiger partial charge is 0.336 e. The number of carbonyl (C=O) groups is 1. The van der Waals surface area contributed by atoms with Crippen LogP contribution in [0.1, 0.15) is 24.5 Å². The number of aryl methyl sites for hydroxylation is 2. The third-order valence-electron chi connectivity index (χ3n) is 5.73. The second-order valence-electron chi connectivity index (χ2n) is 8.23. The summed E-state index contributed by atoms with van der Waals surface area (Å²) in [5.74, 6) is -0.573. The van der Waals surface area contributed by atoms with Crippen molar-refractivity contribution in [1.29, 1.82) is 0 Å². The summed E-state index contributed by atoms with van der Waals surface area (Å²) >= 11 is 0. The number of hydrogen-bond acceptors (Lipinski definition) is 6. The average molecular weight is 492 g/mol. The molecule has 1 heterocycles. The topological polar surface area (TPSA) is 103 Å². The minimum absolute atomic E-state index is 0.0615. The largest absolute Gasteiger partial charge is 0.425 e. The Morgan fingerprint density at radius 1 is 1.00 bits per heavy atom. The number of hydrogen-bond donors (Lipinski definition) is 1. The minimum Gasteiger partial charge on any atom is -0.425 e. The van der Waals surface area contributed by atoms with Gasteiger partial charge in [0.05, 0.1) is 4.90 Å². The molecule has 1 N–H and O–H groups in total. The fourth-order valence-corrected chi connectivity index (χ4v) is 5.03. The van der Waals surface area contributed by atoms with Gasteiger partial charge in [0.1, 0.15) is 17.4 Å². The number of carbonyl (C=O) groups excluding carboxylic acids is 1. The van der Waals surface area contributed by atoms with E-state index >= 15 is 0 Å². The number of esters is 1. The van der Waals surface area contributed by atoms with Crippen molar-refractivity contribution in [3.8, 4) is 16.9 Å². The Balaban J connectivity index is 1.63. The van der Waals surface area contributed by atoms with Crippen molar-refractivity contribution >= 4 is 27.0 Å². The van der Waals surface area contributed by atoms with Gasteiger partial charge in [0.15, 0.2) is 0 Å². The summed E-state index contributed by atoms with van der Waals surface area (Å²) in [4.78, 5) is 25.2. The second kappa shape index (κ2) is 9.85. The SMILES string of the molecule is CC[C@H](NS(=O)(=O)c1ccc(C)cc1)C(=O)Oc1ccc2c(-c3ccccc3)cc(=O)oc2c1C. The number of nitrogens with one attached hydrogen (secondary N) is 1. The first-order valence-corrected chi connectivity index (χ1v) is 12.6. The van der Waals surface area contributed by atoms with Gasteiger partial charge in [-0.05, 0) is 55.7 Å². The molecule has 0 aliphatic rings. The Morgan fingerprint density at radius 2 is 1.69 bits per heavy atom. The summed E-state index contributed by atoms with van der Waals surface area (Å²) < 4.78 is 38.9. The van der Waals surface area contributed by atoms with Gasteiger partial charge < -0.3 is 9.15 Å². The van der Waals surface area contributed by atoms with Gasteiger partial charge in [-0.15, -0.1) is 0 Å². The van der Waals surface area contributed by atoms with Gasteiger partial charge in [-0.25, -0.2) is 18.0 Å². The predicted octanol–water partition coefficient (Wildman–Crippen LogP) is 4.74. The highest BCUT2D eigenvalue weighted by atomic mass is 32.2. The highest BCUT2D eigenvalue weighted by Gasteiger charge is 2.27. The number of sulfonamides is 1. The van der Waals surface area contributed by atoms with Gasteiger partial charge in [0.25, 0.3) is 0 Å². The number of benzene rings is 3. The van der Waals surface area contributed by atoms with Gasteiger partial charge in [-0.3, -0.25) is 0 Å². The fraction of sp³-hybridized carbons (Fsp3) is 0.185. The quantitative estimate of drug-likeness (QED) is 0.228. The van der Waals surface area contributed by atoms with Crippen molar-refractivity contribution in [3.63, 3.8) is 0 Å². The van der Waals surface area contributed by atoms with E-state index in [0.29, 0.717) is 22.1 Å². The minimum atomic E-state index is -3.92. The molecular weight excluding hydrogens is 466 g/mol. The van der Waals surface area contributed by atoms with E-state index in [2.05, 4.69) is 4.72 Å². The lowest BCUT2D eigenvalue weighted by atomic mass is 10.0. The van der Waals surface area contributed by atoms with Gasteiger partial charge in [0, 0.05) is 17.0 Å². The molecule has 0 spiro atoms. The van der Waals surface area contributed by atoms with Crippen LogP contribution in [-0.2, 0) is 14.8 Å². The van der Waals surface area contributed by atoms with Crippen molar-refractivity contribution in [2.75, 3.05) is 0 Å². The molecule has 0 saturated heterocycles. The normalized spacial score (nSPS) is 12.4. The maximum atomic E-state index is 12.9. The van der Waals surface area contributed by atoms with Crippen LogP contribution in [0.15, 0.2) is 86.9 Å². The third-order valence-corrected chi connectivity index (χ3v) is 7.22. The van der Waals surface area contributed by atoms with E-state index in [0.717, 1.165) is 11.1 Å². The zero-order chi connectivity index (χ0) is 25.2. The van der Waals surface area contributed by atoms with Crippen LogP contribution in [0.25, 0.3) is 22.1 Å². The first kappa shape index (κ1) is 24.4. The van der Waals surface area contributed by atoms with E-state index in [1.807, 2.05) is 37.3 Å². The van der Waals surface area contributed by atoms with Gasteiger partial charge in [-0.1, -0.05) is 55.0 Å². The molecule has 0 bridgehead atoms. The van der Waals surface area contributed by atoms with Crippen molar-refractivity contribution in [3.05, 3.63) is 94.3 Å². The lowest BCUT2D eigenvalue weighted by Crippen LogP contribution is -2.42. The molecule has 8 heteroatoms. The standard InChI is InChI=1S/C27H25NO6S/c1-4-23(28-35(31,32)20-12-10-17(2)11-13-20)27(30)33-24-15-14-21-22(19-8-6-5-7-9-19)16-25(29)34-26(21)18(24)3/h5-16,23,28H,4H2,1-3H3/t23-/m0/s1. The van der Waals surface area contributed by atoms with Crippen LogP contribution in [0.3, 0.4) is 0 Å². The molecule has 4 rings (SSSR count). The summed E-state index contributed by atoms with van der Waals surface area (Å²) in [6, 6.07) is 19.4. The molecule has 0 radical (unpaired) electrons. The first-order chi connectivity index (χ1) is 16.7. The molecule has 0 aliphatic heterocycles. The summed E-state index contributed by atoms with van der Waals surface area (Å²) in [5.41, 5.74) is 2.71. The van der Waals surface area contributed by atoms with Crippen LogP contribution in [0, 0.1) is 13.8 Å². The van der Waals surface area contributed by atoms with E-state index in [4.69, 9.17) is 9.15 Å². The van der Waals surface area contributed by atoms with Crippen molar-refractivity contribution in [1.82, 2.24) is 4.72 Å². The van der Waals surface area contributed by atoms with Crippen LogP contribution >= 0.6 is 0 Å². The first-order valence-electron chi connectivity index (χ1n) is 11.1. The molecule has 180 valence electrons. The zero-order valence-electron chi connectivity index (χ0n) is 19.6. The fourth-order valence-electron chi connectivity index (χ4n) is 3.76. The van der Waals surface area contributed by atoms with Crippen LogP contribution < -0.4 is 15.1 Å². The van der Waals surface area contributed by atoms with Crippen molar-refractivity contribution in [2.45, 2.75) is 38.1 Å². The molecule has 1 atom stereocenters. The highest BCUT2D eigenvalue weighted by molar-refractivity contribution is 7.89. The van der Waals surface area contributed by atoms with E-state index in [9.17, 15) is 18.0 Å². The van der Waals surface area contributed by atoms with Crippen LogP contribution in [0.5, 0.6) is 5.75 Å². The molecule has 3 aromatic carbocycles. The van der Waals surface area contributed by atoms with Crippen LogP contribution in [0.4, 0.5) is 0 Å². The average Bonchev–Trinajstić information content (AvgIpc) is 2.85. The van der Waals surface area contributed by atoms with Gasteiger partial charge >= 0.3 is 11.6 Å².